The molecule has 0 saturated heterocycles. The van der Waals surface area contributed by atoms with Crippen LogP contribution in [0, 0.1) is 13.8 Å². The van der Waals surface area contributed by atoms with E-state index in [-0.39, 0.29) is 0 Å². The lowest BCUT2D eigenvalue weighted by Crippen LogP contribution is -1.94. The van der Waals surface area contributed by atoms with Gasteiger partial charge in [-0.3, -0.25) is 15.0 Å². The third-order valence-electron chi connectivity index (χ3n) is 2.99. The molecule has 98 valence electrons. The minimum atomic E-state index is 0.759. The van der Waals surface area contributed by atoms with Gasteiger partial charge in [-0.25, -0.2) is 4.98 Å². The second-order valence-electron chi connectivity index (χ2n) is 4.73. The minimum Gasteiger partial charge on any atom is -0.260 e. The summed E-state index contributed by atoms with van der Waals surface area (Å²) in [6, 6.07) is 7.92. The largest absolute Gasteiger partial charge is 0.260 e. The quantitative estimate of drug-likeness (QED) is 0.711. The van der Waals surface area contributed by atoms with Crippen molar-refractivity contribution in [3.8, 4) is 22.8 Å². The molecule has 0 radical (unpaired) electrons. The molecule has 0 bridgehead atoms. The van der Waals surface area contributed by atoms with Crippen LogP contribution in [-0.2, 0) is 0 Å². The van der Waals surface area contributed by atoms with Crippen LogP contribution in [0.5, 0.6) is 0 Å². The Bertz CT molecular complexity index is 692. The second-order valence-corrected chi connectivity index (χ2v) is 4.73. The highest BCUT2D eigenvalue weighted by molar-refractivity contribution is 5.60. The van der Waals surface area contributed by atoms with Crippen LogP contribution in [0.25, 0.3) is 22.8 Å². The van der Waals surface area contributed by atoms with Gasteiger partial charge in [0.2, 0.25) is 0 Å². The molecule has 3 heterocycles. The fraction of sp³-hybridized carbons (Fsp3) is 0.125. The number of pyridine rings is 2. The molecular formula is C16H14N4. The predicted molar refractivity (Wildman–Crippen MR) is 78.0 cm³/mol. The van der Waals surface area contributed by atoms with Crippen LogP contribution in [0.15, 0.2) is 49.1 Å². The van der Waals surface area contributed by atoms with E-state index in [0.29, 0.717) is 0 Å². The van der Waals surface area contributed by atoms with Crippen molar-refractivity contribution in [1.29, 1.82) is 0 Å². The van der Waals surface area contributed by atoms with E-state index in [9.17, 15) is 0 Å². The van der Waals surface area contributed by atoms with Crippen LogP contribution >= 0.6 is 0 Å². The molecule has 0 fully saturated rings. The molecule has 0 atom stereocenters. The predicted octanol–water partition coefficient (Wildman–Crippen LogP) is 3.22. The highest BCUT2D eigenvalue weighted by atomic mass is 14.9. The van der Waals surface area contributed by atoms with Gasteiger partial charge in [0, 0.05) is 12.4 Å². The first-order chi connectivity index (χ1) is 9.72. The van der Waals surface area contributed by atoms with Crippen molar-refractivity contribution in [2.45, 2.75) is 13.8 Å². The smallest absolute Gasteiger partial charge is 0.108 e. The maximum absolute atomic E-state index is 4.61. The first-order valence-corrected chi connectivity index (χ1v) is 6.40. The van der Waals surface area contributed by atoms with Crippen molar-refractivity contribution in [3.05, 3.63) is 60.2 Å². The maximum atomic E-state index is 4.61. The summed E-state index contributed by atoms with van der Waals surface area (Å²) < 4.78 is 0. The lowest BCUT2D eigenvalue weighted by molar-refractivity contribution is 1.15. The zero-order chi connectivity index (χ0) is 13.9. The molecule has 0 aliphatic rings. The van der Waals surface area contributed by atoms with E-state index < -0.39 is 0 Å². The fourth-order valence-electron chi connectivity index (χ4n) is 1.97. The monoisotopic (exact) mass is 262 g/mol. The summed E-state index contributed by atoms with van der Waals surface area (Å²) in [7, 11) is 0. The van der Waals surface area contributed by atoms with Gasteiger partial charge in [-0.2, -0.15) is 0 Å². The molecule has 0 aliphatic heterocycles. The third-order valence-corrected chi connectivity index (χ3v) is 2.99. The van der Waals surface area contributed by atoms with Crippen molar-refractivity contribution in [2.75, 3.05) is 0 Å². The summed E-state index contributed by atoms with van der Waals surface area (Å²) in [5, 5.41) is 0. The molecule has 0 aliphatic carbocycles. The van der Waals surface area contributed by atoms with E-state index in [2.05, 4.69) is 19.9 Å². The lowest BCUT2D eigenvalue weighted by Gasteiger charge is -2.04. The summed E-state index contributed by atoms with van der Waals surface area (Å²) in [5.41, 5.74) is 5.47. The SMILES string of the molecule is Cc1ccnc(-c2cncc(-c3cc(C)ccn3)n2)c1. The van der Waals surface area contributed by atoms with Crippen molar-refractivity contribution >= 4 is 0 Å². The number of aromatic nitrogens is 4. The summed E-state index contributed by atoms with van der Waals surface area (Å²) in [5.74, 6) is 0. The summed E-state index contributed by atoms with van der Waals surface area (Å²) in [6.07, 6.45) is 7.01. The van der Waals surface area contributed by atoms with Gasteiger partial charge >= 0.3 is 0 Å². The van der Waals surface area contributed by atoms with Crippen molar-refractivity contribution in [2.24, 2.45) is 0 Å². The molecule has 0 N–H and O–H groups in total. The number of aryl methyl sites for hydroxylation is 2. The van der Waals surface area contributed by atoms with Crippen LogP contribution in [0.1, 0.15) is 11.1 Å². The summed E-state index contributed by atoms with van der Waals surface area (Å²) >= 11 is 0. The van der Waals surface area contributed by atoms with E-state index in [0.717, 1.165) is 33.9 Å². The molecule has 0 amide bonds. The number of hydrogen-bond acceptors (Lipinski definition) is 4. The van der Waals surface area contributed by atoms with Crippen LogP contribution in [0.3, 0.4) is 0 Å². The van der Waals surface area contributed by atoms with Gasteiger partial charge in [0.1, 0.15) is 11.4 Å². The van der Waals surface area contributed by atoms with Crippen LogP contribution in [-0.4, -0.2) is 19.9 Å². The first kappa shape index (κ1) is 12.4. The Hall–Kier alpha value is -2.62. The molecule has 0 saturated carbocycles. The fourth-order valence-corrected chi connectivity index (χ4v) is 1.97. The Morgan fingerprint density at radius 2 is 1.20 bits per heavy atom. The van der Waals surface area contributed by atoms with Crippen molar-refractivity contribution < 1.29 is 0 Å². The molecule has 4 heteroatoms. The van der Waals surface area contributed by atoms with Gasteiger partial charge in [-0.15, -0.1) is 0 Å². The van der Waals surface area contributed by atoms with Gasteiger partial charge in [-0.05, 0) is 49.2 Å². The molecule has 4 nitrogen and oxygen atoms in total. The molecule has 3 aromatic rings. The van der Waals surface area contributed by atoms with Crippen LogP contribution < -0.4 is 0 Å². The number of rotatable bonds is 2. The maximum Gasteiger partial charge on any atom is 0.108 e. The minimum absolute atomic E-state index is 0.759. The van der Waals surface area contributed by atoms with E-state index in [1.54, 1.807) is 24.8 Å². The molecule has 0 spiro atoms. The standard InChI is InChI=1S/C16H14N4/c1-11-3-5-18-13(7-11)15-9-17-10-16(20-15)14-8-12(2)4-6-19-14/h3-10H,1-2H3. The zero-order valence-corrected chi connectivity index (χ0v) is 11.4. The van der Waals surface area contributed by atoms with Crippen LogP contribution in [0.2, 0.25) is 0 Å². The normalized spacial score (nSPS) is 10.5. The summed E-state index contributed by atoms with van der Waals surface area (Å²) in [6.45, 7) is 4.06. The highest BCUT2D eigenvalue weighted by Gasteiger charge is 2.06. The number of nitrogens with zero attached hydrogens (tertiary/aromatic N) is 4. The van der Waals surface area contributed by atoms with Gasteiger partial charge in [-0.1, -0.05) is 0 Å². The van der Waals surface area contributed by atoms with E-state index in [1.165, 1.54) is 0 Å². The lowest BCUT2D eigenvalue weighted by atomic mass is 10.2. The summed E-state index contributed by atoms with van der Waals surface area (Å²) in [4.78, 5) is 17.5. The average molecular weight is 262 g/mol. The van der Waals surface area contributed by atoms with Gasteiger partial charge in [0.05, 0.1) is 23.8 Å². The molecular weight excluding hydrogens is 248 g/mol. The van der Waals surface area contributed by atoms with Gasteiger partial charge in [0.15, 0.2) is 0 Å². The molecule has 3 rings (SSSR count). The number of hydrogen-bond donors (Lipinski definition) is 0. The van der Waals surface area contributed by atoms with E-state index in [4.69, 9.17) is 0 Å². The van der Waals surface area contributed by atoms with Gasteiger partial charge in [0.25, 0.3) is 0 Å². The van der Waals surface area contributed by atoms with Gasteiger partial charge < -0.3 is 0 Å². The zero-order valence-electron chi connectivity index (χ0n) is 11.4. The Labute approximate surface area is 117 Å². The Morgan fingerprint density at radius 1 is 0.700 bits per heavy atom. The molecule has 0 unspecified atom stereocenters. The Kier molecular flexibility index (Phi) is 3.21. The Morgan fingerprint density at radius 3 is 1.65 bits per heavy atom. The highest BCUT2D eigenvalue weighted by Crippen LogP contribution is 2.19. The second kappa shape index (κ2) is 5.17. The van der Waals surface area contributed by atoms with Crippen LogP contribution in [0.4, 0.5) is 0 Å². The van der Waals surface area contributed by atoms with Crippen molar-refractivity contribution in [3.63, 3.8) is 0 Å². The topological polar surface area (TPSA) is 51.6 Å². The molecule has 0 aromatic carbocycles. The van der Waals surface area contributed by atoms with E-state index in [1.807, 2.05) is 38.1 Å². The van der Waals surface area contributed by atoms with E-state index >= 15 is 0 Å². The third kappa shape index (κ3) is 2.54. The average Bonchev–Trinajstić information content (AvgIpc) is 2.47. The molecule has 3 aromatic heterocycles. The van der Waals surface area contributed by atoms with Crippen molar-refractivity contribution in [1.82, 2.24) is 19.9 Å². The Balaban J connectivity index is 2.06. The first-order valence-electron chi connectivity index (χ1n) is 6.40. The molecule has 20 heavy (non-hydrogen) atoms.